The molecule has 0 aromatic heterocycles. The van der Waals surface area contributed by atoms with Crippen molar-refractivity contribution >= 4 is 37.9 Å². The third-order valence-electron chi connectivity index (χ3n) is 5.86. The number of carbonyl (C=O) groups is 1. The van der Waals surface area contributed by atoms with E-state index in [1.54, 1.807) is 0 Å². The SMILES string of the molecule is CCCCCCCCS(=O)(=O)[O-].CCCCOC(=O)OC1CC[S+](c2cccc3ccccc23)C1. The molecule has 2 aromatic rings. The summed E-state index contributed by atoms with van der Waals surface area (Å²) in [6.45, 7) is 4.65. The standard InChI is InChI=1S/C19H23O3S.C8H18O3S/c1-2-3-12-21-19(20)22-16-11-13-23(14-16)18-10-6-8-15-7-4-5-9-17(15)18;1-2-3-4-5-6-7-8-12(9,10)11/h4-10,16H,2-3,11-14H2,1H3;2-8H2,1H3,(H,9,10,11)/q+1;/p-1. The van der Waals surface area contributed by atoms with Gasteiger partial charge in [-0.25, -0.2) is 13.2 Å². The average molecular weight is 525 g/mol. The Balaban J connectivity index is 0.000000307. The van der Waals surface area contributed by atoms with Crippen molar-refractivity contribution in [2.24, 2.45) is 0 Å². The van der Waals surface area contributed by atoms with Crippen molar-refractivity contribution in [3.8, 4) is 0 Å². The van der Waals surface area contributed by atoms with Crippen LogP contribution in [0.5, 0.6) is 0 Å². The van der Waals surface area contributed by atoms with Gasteiger partial charge in [0.1, 0.15) is 5.75 Å². The molecule has 196 valence electrons. The first-order valence-corrected chi connectivity index (χ1v) is 15.9. The molecule has 0 N–H and O–H groups in total. The van der Waals surface area contributed by atoms with Gasteiger partial charge < -0.3 is 14.0 Å². The normalized spacial score (nSPS) is 17.6. The lowest BCUT2D eigenvalue weighted by Crippen LogP contribution is -2.20. The highest BCUT2D eigenvalue weighted by Gasteiger charge is 2.38. The van der Waals surface area contributed by atoms with E-state index in [1.165, 1.54) is 28.5 Å². The van der Waals surface area contributed by atoms with Crippen LogP contribution < -0.4 is 0 Å². The summed E-state index contributed by atoms with van der Waals surface area (Å²) in [6, 6.07) is 15.0. The molecule has 2 unspecified atom stereocenters. The lowest BCUT2D eigenvalue weighted by atomic mass is 10.1. The first-order chi connectivity index (χ1) is 16.8. The summed E-state index contributed by atoms with van der Waals surface area (Å²) >= 11 is 0. The van der Waals surface area contributed by atoms with E-state index in [2.05, 4.69) is 56.3 Å². The van der Waals surface area contributed by atoms with Gasteiger partial charge in [0.2, 0.25) is 0 Å². The first kappa shape index (κ1) is 29.5. The van der Waals surface area contributed by atoms with Gasteiger partial charge in [-0.3, -0.25) is 0 Å². The number of rotatable bonds is 12. The van der Waals surface area contributed by atoms with Crippen LogP contribution in [0.2, 0.25) is 0 Å². The molecule has 0 bridgehead atoms. The highest BCUT2D eigenvalue weighted by molar-refractivity contribution is 7.97. The van der Waals surface area contributed by atoms with Crippen LogP contribution in [0.3, 0.4) is 0 Å². The third kappa shape index (κ3) is 11.7. The second-order valence-corrected chi connectivity index (χ2v) is 12.5. The van der Waals surface area contributed by atoms with Crippen molar-refractivity contribution in [1.29, 1.82) is 0 Å². The van der Waals surface area contributed by atoms with Crippen LogP contribution in [0.15, 0.2) is 47.4 Å². The molecule has 0 radical (unpaired) electrons. The third-order valence-corrected chi connectivity index (χ3v) is 9.13. The van der Waals surface area contributed by atoms with Crippen LogP contribution in [-0.4, -0.2) is 49.1 Å². The van der Waals surface area contributed by atoms with E-state index in [1.807, 2.05) is 0 Å². The zero-order chi connectivity index (χ0) is 25.5. The number of unbranched alkanes of at least 4 members (excludes halogenated alkanes) is 6. The number of hydrogen-bond acceptors (Lipinski definition) is 6. The molecule has 1 heterocycles. The molecule has 1 aliphatic rings. The van der Waals surface area contributed by atoms with Gasteiger partial charge in [0.25, 0.3) is 0 Å². The molecule has 0 spiro atoms. The molecule has 1 fully saturated rings. The van der Waals surface area contributed by atoms with Gasteiger partial charge in [-0.15, -0.1) is 0 Å². The maximum Gasteiger partial charge on any atom is 0.508 e. The summed E-state index contributed by atoms with van der Waals surface area (Å²) in [5.41, 5.74) is 0. The van der Waals surface area contributed by atoms with E-state index < -0.39 is 16.3 Å². The van der Waals surface area contributed by atoms with E-state index in [4.69, 9.17) is 9.47 Å². The maximum atomic E-state index is 11.7. The molecule has 1 aliphatic heterocycles. The number of fused-ring (bicyclic) bond motifs is 1. The van der Waals surface area contributed by atoms with Gasteiger partial charge in [0.15, 0.2) is 16.8 Å². The van der Waals surface area contributed by atoms with Gasteiger partial charge in [-0.05, 0) is 30.4 Å². The quantitative estimate of drug-likeness (QED) is 0.137. The molecule has 2 aromatic carbocycles. The molecule has 0 saturated carbocycles. The van der Waals surface area contributed by atoms with Crippen molar-refractivity contribution in [2.45, 2.75) is 82.6 Å². The van der Waals surface area contributed by atoms with Gasteiger partial charge in [0, 0.05) is 28.5 Å². The van der Waals surface area contributed by atoms with Crippen molar-refractivity contribution in [1.82, 2.24) is 0 Å². The van der Waals surface area contributed by atoms with Crippen molar-refractivity contribution < 1.29 is 27.2 Å². The maximum absolute atomic E-state index is 11.7. The van der Waals surface area contributed by atoms with Crippen LogP contribution in [-0.2, 0) is 30.5 Å². The molecular weight excluding hydrogens is 484 g/mol. The average Bonchev–Trinajstić information content (AvgIpc) is 3.29. The summed E-state index contributed by atoms with van der Waals surface area (Å²) in [6.07, 6.45) is 8.27. The van der Waals surface area contributed by atoms with Crippen molar-refractivity contribution in [3.05, 3.63) is 42.5 Å². The van der Waals surface area contributed by atoms with Gasteiger partial charge in [-0.2, -0.15) is 0 Å². The molecule has 1 saturated heterocycles. The predicted molar refractivity (Wildman–Crippen MR) is 143 cm³/mol. The minimum absolute atomic E-state index is 0.00794. The molecule has 0 aliphatic carbocycles. The smallest absolute Gasteiger partial charge is 0.508 e. The minimum Gasteiger partial charge on any atom is -0.748 e. The Morgan fingerprint density at radius 3 is 2.40 bits per heavy atom. The summed E-state index contributed by atoms with van der Waals surface area (Å²) < 4.78 is 41.1. The van der Waals surface area contributed by atoms with E-state index in [-0.39, 0.29) is 22.8 Å². The zero-order valence-corrected chi connectivity index (χ0v) is 22.7. The lowest BCUT2D eigenvalue weighted by Gasteiger charge is -2.09. The summed E-state index contributed by atoms with van der Waals surface area (Å²) in [7, 11) is -3.82. The molecular formula is C27H40O6S2. The van der Waals surface area contributed by atoms with Crippen LogP contribution in [0.25, 0.3) is 10.8 Å². The largest absolute Gasteiger partial charge is 0.748 e. The summed E-state index contributed by atoms with van der Waals surface area (Å²) in [4.78, 5) is 13.1. The number of hydrogen-bond donors (Lipinski definition) is 0. The van der Waals surface area contributed by atoms with E-state index in [0.717, 1.165) is 50.0 Å². The number of carbonyl (C=O) groups excluding carboxylic acids is 1. The number of benzene rings is 2. The van der Waals surface area contributed by atoms with Gasteiger partial charge >= 0.3 is 6.16 Å². The second kappa shape index (κ2) is 16.1. The fourth-order valence-electron chi connectivity index (χ4n) is 3.93. The first-order valence-electron chi connectivity index (χ1n) is 12.8. The molecule has 0 amide bonds. The van der Waals surface area contributed by atoms with Crippen molar-refractivity contribution in [3.63, 3.8) is 0 Å². The molecule has 35 heavy (non-hydrogen) atoms. The summed E-state index contributed by atoms with van der Waals surface area (Å²) in [5, 5.41) is 2.60. The van der Waals surface area contributed by atoms with Crippen LogP contribution in [0.1, 0.15) is 71.6 Å². The van der Waals surface area contributed by atoms with Crippen LogP contribution >= 0.6 is 0 Å². The Kier molecular flexibility index (Phi) is 13.5. The fourth-order valence-corrected chi connectivity index (χ4v) is 7.06. The fraction of sp³-hybridized carbons (Fsp3) is 0.593. The Hall–Kier alpha value is -1.77. The van der Waals surface area contributed by atoms with Crippen molar-refractivity contribution in [2.75, 3.05) is 23.9 Å². The second-order valence-electron chi connectivity index (χ2n) is 8.85. The molecule has 6 nitrogen and oxygen atoms in total. The van der Waals surface area contributed by atoms with Gasteiger partial charge in [0.05, 0.1) is 16.7 Å². The van der Waals surface area contributed by atoms with E-state index in [9.17, 15) is 17.8 Å². The highest BCUT2D eigenvalue weighted by Crippen LogP contribution is 2.30. The Labute approximate surface area is 213 Å². The van der Waals surface area contributed by atoms with Gasteiger partial charge in [-0.1, -0.05) is 82.7 Å². The Bertz CT molecular complexity index is 987. The molecule has 2 atom stereocenters. The van der Waals surface area contributed by atoms with E-state index in [0.29, 0.717) is 13.0 Å². The number of ether oxygens (including phenoxy) is 2. The molecule has 3 rings (SSSR count). The highest BCUT2D eigenvalue weighted by atomic mass is 32.2. The zero-order valence-electron chi connectivity index (χ0n) is 21.1. The molecule has 8 heteroatoms. The van der Waals surface area contributed by atoms with Crippen LogP contribution in [0.4, 0.5) is 4.79 Å². The summed E-state index contributed by atoms with van der Waals surface area (Å²) in [5.74, 6) is 1.80. The van der Waals surface area contributed by atoms with E-state index >= 15 is 0 Å². The Morgan fingerprint density at radius 1 is 0.971 bits per heavy atom. The topological polar surface area (TPSA) is 92.7 Å². The lowest BCUT2D eigenvalue weighted by molar-refractivity contribution is 0.0307. The monoisotopic (exact) mass is 524 g/mol. The van der Waals surface area contributed by atoms with Crippen LogP contribution in [0, 0.1) is 0 Å². The minimum atomic E-state index is -3.97. The Morgan fingerprint density at radius 2 is 1.66 bits per heavy atom. The predicted octanol–water partition coefficient (Wildman–Crippen LogP) is 6.43.